The third kappa shape index (κ3) is 3.20. The van der Waals surface area contributed by atoms with Crippen LogP contribution in [-0.2, 0) is 5.88 Å². The zero-order chi connectivity index (χ0) is 12.3. The molecule has 1 nitrogen and oxygen atoms in total. The molecule has 2 rings (SSSR count). The Balaban J connectivity index is 2.31. The molecule has 4 heteroatoms. The van der Waals surface area contributed by atoms with Crippen molar-refractivity contribution in [2.24, 2.45) is 0 Å². The Labute approximate surface area is 112 Å². The molecule has 0 aliphatic heterocycles. The van der Waals surface area contributed by atoms with E-state index < -0.39 is 0 Å². The van der Waals surface area contributed by atoms with Gasteiger partial charge in [0.1, 0.15) is 17.3 Å². The van der Waals surface area contributed by atoms with E-state index in [2.05, 4.69) is 15.9 Å². The van der Waals surface area contributed by atoms with Crippen LogP contribution in [0.3, 0.4) is 0 Å². The summed E-state index contributed by atoms with van der Waals surface area (Å²) in [6, 6.07) is 11.8. The first kappa shape index (κ1) is 12.4. The predicted molar refractivity (Wildman–Crippen MR) is 70.2 cm³/mol. The van der Waals surface area contributed by atoms with E-state index in [1.807, 2.05) is 18.2 Å². The summed E-state index contributed by atoms with van der Waals surface area (Å²) >= 11 is 9.01. The fourth-order valence-corrected chi connectivity index (χ4v) is 2.09. The van der Waals surface area contributed by atoms with E-state index in [4.69, 9.17) is 16.3 Å². The van der Waals surface area contributed by atoms with Gasteiger partial charge in [0.15, 0.2) is 0 Å². The Morgan fingerprint density at radius 2 is 1.94 bits per heavy atom. The first-order valence-electron chi connectivity index (χ1n) is 4.97. The number of hydrogen-bond acceptors (Lipinski definition) is 1. The maximum Gasteiger partial charge on any atom is 0.131 e. The maximum atomic E-state index is 13.2. The number of hydrogen-bond donors (Lipinski definition) is 0. The third-order valence-electron chi connectivity index (χ3n) is 2.18. The number of ether oxygens (including phenoxy) is 1. The second kappa shape index (κ2) is 5.52. The minimum Gasteiger partial charge on any atom is -0.457 e. The summed E-state index contributed by atoms with van der Waals surface area (Å²) in [7, 11) is 0. The van der Waals surface area contributed by atoms with Crippen LogP contribution in [0.5, 0.6) is 11.5 Å². The summed E-state index contributed by atoms with van der Waals surface area (Å²) in [6.45, 7) is 0. The fourth-order valence-electron chi connectivity index (χ4n) is 1.43. The molecule has 0 amide bonds. The molecule has 0 N–H and O–H groups in total. The van der Waals surface area contributed by atoms with Gasteiger partial charge in [-0.15, -0.1) is 11.6 Å². The summed E-state index contributed by atoms with van der Waals surface area (Å²) in [4.78, 5) is 0. The van der Waals surface area contributed by atoms with Crippen molar-refractivity contribution in [1.82, 2.24) is 0 Å². The predicted octanol–water partition coefficient (Wildman–Crippen LogP) is 5.12. The van der Waals surface area contributed by atoms with Crippen LogP contribution in [0.2, 0.25) is 0 Å². The van der Waals surface area contributed by atoms with Crippen LogP contribution in [0.15, 0.2) is 46.9 Å². The highest BCUT2D eigenvalue weighted by molar-refractivity contribution is 9.10. The van der Waals surface area contributed by atoms with Gasteiger partial charge in [0.25, 0.3) is 0 Å². The largest absolute Gasteiger partial charge is 0.457 e. The smallest absolute Gasteiger partial charge is 0.131 e. The van der Waals surface area contributed by atoms with E-state index >= 15 is 0 Å². The standard InChI is InChI=1S/C13H9BrClFO/c14-10-5-11(16)7-12(6-10)17-13-4-2-1-3-9(13)8-15/h1-7H,8H2. The molecule has 0 saturated heterocycles. The number of halogens is 3. The van der Waals surface area contributed by atoms with Gasteiger partial charge in [0.05, 0.1) is 5.88 Å². The average molecular weight is 316 g/mol. The van der Waals surface area contributed by atoms with E-state index in [0.717, 1.165) is 5.56 Å². The second-order valence-corrected chi connectivity index (χ2v) is 4.63. The molecule has 2 aromatic rings. The van der Waals surface area contributed by atoms with E-state index in [1.165, 1.54) is 12.1 Å². The maximum absolute atomic E-state index is 13.2. The van der Waals surface area contributed by atoms with Crippen molar-refractivity contribution in [3.8, 4) is 11.5 Å². The van der Waals surface area contributed by atoms with E-state index in [0.29, 0.717) is 21.9 Å². The molecule has 0 aliphatic rings. The molecule has 0 saturated carbocycles. The number of para-hydroxylation sites is 1. The monoisotopic (exact) mass is 314 g/mol. The van der Waals surface area contributed by atoms with Crippen LogP contribution >= 0.6 is 27.5 Å². The van der Waals surface area contributed by atoms with Crippen molar-refractivity contribution < 1.29 is 9.13 Å². The molecule has 17 heavy (non-hydrogen) atoms. The van der Waals surface area contributed by atoms with E-state index in [9.17, 15) is 4.39 Å². The van der Waals surface area contributed by atoms with Crippen LogP contribution in [0, 0.1) is 5.82 Å². The first-order chi connectivity index (χ1) is 8.19. The van der Waals surface area contributed by atoms with Crippen LogP contribution in [-0.4, -0.2) is 0 Å². The van der Waals surface area contributed by atoms with E-state index in [-0.39, 0.29) is 5.82 Å². The minimum atomic E-state index is -0.349. The lowest BCUT2D eigenvalue weighted by molar-refractivity contribution is 0.472. The highest BCUT2D eigenvalue weighted by atomic mass is 79.9. The van der Waals surface area contributed by atoms with Gasteiger partial charge in [0.2, 0.25) is 0 Å². The molecule has 0 radical (unpaired) electrons. The van der Waals surface area contributed by atoms with Gasteiger partial charge in [-0.1, -0.05) is 34.1 Å². The molecule has 0 bridgehead atoms. The molecule has 0 aromatic heterocycles. The highest BCUT2D eigenvalue weighted by Crippen LogP contribution is 2.28. The van der Waals surface area contributed by atoms with Gasteiger partial charge in [-0.2, -0.15) is 0 Å². The Kier molecular flexibility index (Phi) is 4.02. The van der Waals surface area contributed by atoms with Crippen molar-refractivity contribution in [2.75, 3.05) is 0 Å². The fraction of sp³-hybridized carbons (Fsp3) is 0.0769. The third-order valence-corrected chi connectivity index (χ3v) is 2.93. The summed E-state index contributed by atoms with van der Waals surface area (Å²) < 4.78 is 19.4. The van der Waals surface area contributed by atoms with Gasteiger partial charge in [0, 0.05) is 16.1 Å². The molecule has 0 spiro atoms. The molecule has 0 heterocycles. The zero-order valence-electron chi connectivity index (χ0n) is 8.79. The zero-order valence-corrected chi connectivity index (χ0v) is 11.1. The Morgan fingerprint density at radius 3 is 2.65 bits per heavy atom. The molecular formula is C13H9BrClFO. The quantitative estimate of drug-likeness (QED) is 0.714. The summed E-state index contributed by atoms with van der Waals surface area (Å²) in [6.07, 6.45) is 0. The lowest BCUT2D eigenvalue weighted by Crippen LogP contribution is -1.90. The normalized spacial score (nSPS) is 10.3. The van der Waals surface area contributed by atoms with Gasteiger partial charge in [-0.3, -0.25) is 0 Å². The Morgan fingerprint density at radius 1 is 1.18 bits per heavy atom. The first-order valence-corrected chi connectivity index (χ1v) is 6.29. The number of rotatable bonds is 3. The summed E-state index contributed by atoms with van der Waals surface area (Å²) in [5.74, 6) is 1.08. The Hall–Kier alpha value is -1.06. The molecule has 88 valence electrons. The van der Waals surface area contributed by atoms with E-state index in [1.54, 1.807) is 12.1 Å². The molecular weight excluding hydrogens is 306 g/mol. The Bertz CT molecular complexity index is 510. The van der Waals surface area contributed by atoms with Crippen molar-refractivity contribution in [1.29, 1.82) is 0 Å². The van der Waals surface area contributed by atoms with Crippen LogP contribution in [0.1, 0.15) is 5.56 Å². The molecule has 0 aliphatic carbocycles. The summed E-state index contributed by atoms with van der Waals surface area (Å²) in [5, 5.41) is 0. The van der Waals surface area contributed by atoms with Crippen molar-refractivity contribution in [3.05, 3.63) is 58.3 Å². The average Bonchev–Trinajstić information content (AvgIpc) is 2.28. The van der Waals surface area contributed by atoms with Crippen molar-refractivity contribution in [3.63, 3.8) is 0 Å². The van der Waals surface area contributed by atoms with Crippen LogP contribution in [0.25, 0.3) is 0 Å². The molecule has 0 atom stereocenters. The van der Waals surface area contributed by atoms with Crippen LogP contribution < -0.4 is 4.74 Å². The lowest BCUT2D eigenvalue weighted by atomic mass is 10.2. The SMILES string of the molecule is Fc1cc(Br)cc(Oc2ccccc2CCl)c1. The van der Waals surface area contributed by atoms with Crippen molar-refractivity contribution >= 4 is 27.5 Å². The highest BCUT2D eigenvalue weighted by Gasteiger charge is 2.05. The molecule has 2 aromatic carbocycles. The van der Waals surface area contributed by atoms with Gasteiger partial charge < -0.3 is 4.74 Å². The summed E-state index contributed by atoms with van der Waals surface area (Å²) in [5.41, 5.74) is 0.870. The molecule has 0 fully saturated rings. The lowest BCUT2D eigenvalue weighted by Gasteiger charge is -2.09. The van der Waals surface area contributed by atoms with Gasteiger partial charge in [-0.25, -0.2) is 4.39 Å². The van der Waals surface area contributed by atoms with Gasteiger partial charge >= 0.3 is 0 Å². The second-order valence-electron chi connectivity index (χ2n) is 3.45. The molecule has 0 unspecified atom stereocenters. The van der Waals surface area contributed by atoms with Crippen LogP contribution in [0.4, 0.5) is 4.39 Å². The number of benzene rings is 2. The van der Waals surface area contributed by atoms with Crippen molar-refractivity contribution in [2.45, 2.75) is 5.88 Å². The minimum absolute atomic E-state index is 0.349. The van der Waals surface area contributed by atoms with Gasteiger partial charge in [-0.05, 0) is 18.2 Å². The topological polar surface area (TPSA) is 9.23 Å². The number of alkyl halides is 1.